The van der Waals surface area contributed by atoms with Gasteiger partial charge in [-0.05, 0) is 25.3 Å². The predicted molar refractivity (Wildman–Crippen MR) is 114 cm³/mol. The summed E-state index contributed by atoms with van der Waals surface area (Å²) in [7, 11) is 0. The molecule has 1 aliphatic heterocycles. The molecule has 2 N–H and O–H groups in total. The van der Waals surface area contributed by atoms with Crippen molar-refractivity contribution in [2.45, 2.75) is 53.8 Å². The maximum atomic E-state index is 12.7. The zero-order valence-corrected chi connectivity index (χ0v) is 18.3. The zero-order chi connectivity index (χ0) is 20.8. The maximum absolute atomic E-state index is 12.7. The number of benzene rings is 1. The van der Waals surface area contributed by atoms with Crippen LogP contribution in [-0.4, -0.2) is 42.0 Å². The van der Waals surface area contributed by atoms with Gasteiger partial charge >= 0.3 is 0 Å². The van der Waals surface area contributed by atoms with Crippen LogP contribution in [0.1, 0.15) is 41.9 Å². The van der Waals surface area contributed by atoms with Gasteiger partial charge in [-0.3, -0.25) is 9.48 Å². The number of rotatable bonds is 8. The molecule has 3 rings (SSSR count). The van der Waals surface area contributed by atoms with E-state index in [1.807, 2.05) is 17.7 Å². The van der Waals surface area contributed by atoms with Crippen molar-refractivity contribution in [2.75, 3.05) is 26.3 Å². The molecule has 0 unspecified atom stereocenters. The van der Waals surface area contributed by atoms with Crippen LogP contribution in [0.25, 0.3) is 0 Å². The van der Waals surface area contributed by atoms with E-state index in [0.717, 1.165) is 56.3 Å². The van der Waals surface area contributed by atoms with Crippen molar-refractivity contribution in [3.8, 4) is 0 Å². The summed E-state index contributed by atoms with van der Waals surface area (Å²) in [5.74, 6) is 0.577. The van der Waals surface area contributed by atoms with Gasteiger partial charge in [0.25, 0.3) is 0 Å². The fourth-order valence-corrected chi connectivity index (χ4v) is 3.94. The van der Waals surface area contributed by atoms with Crippen LogP contribution >= 0.6 is 0 Å². The van der Waals surface area contributed by atoms with Crippen LogP contribution in [0.3, 0.4) is 0 Å². The van der Waals surface area contributed by atoms with Crippen molar-refractivity contribution in [1.29, 1.82) is 0 Å². The summed E-state index contributed by atoms with van der Waals surface area (Å²) in [4.78, 5) is 14.2. The van der Waals surface area contributed by atoms with Gasteiger partial charge in [-0.25, -0.2) is 0 Å². The van der Waals surface area contributed by atoms with Gasteiger partial charge in [-0.1, -0.05) is 38.1 Å². The lowest BCUT2D eigenvalue weighted by atomic mass is 10.1. The van der Waals surface area contributed by atoms with Gasteiger partial charge in [0.15, 0.2) is 0 Å². The highest BCUT2D eigenvalue weighted by Crippen LogP contribution is 2.15. The molecule has 1 amide bonds. The normalized spacial score (nSPS) is 15.1. The molecule has 6 heteroatoms. The molecule has 158 valence electrons. The van der Waals surface area contributed by atoms with Gasteiger partial charge in [-0.2, -0.15) is 5.10 Å². The first-order valence-electron chi connectivity index (χ1n) is 10.7. The van der Waals surface area contributed by atoms with Crippen molar-refractivity contribution < 1.29 is 14.4 Å². The number of hydrogen-bond acceptors (Lipinski definition) is 3. The van der Waals surface area contributed by atoms with Crippen LogP contribution in [0.2, 0.25) is 0 Å². The molecule has 0 aliphatic carbocycles. The van der Waals surface area contributed by atoms with E-state index in [9.17, 15) is 4.79 Å². The summed E-state index contributed by atoms with van der Waals surface area (Å²) in [6, 6.07) is 8.42. The van der Waals surface area contributed by atoms with Gasteiger partial charge in [0.05, 0.1) is 25.3 Å². The van der Waals surface area contributed by atoms with E-state index in [1.165, 1.54) is 11.1 Å². The SMILES string of the molecule is Cc1nn(CC(C)C)c(C)c1CC(=O)NCc1ccccc1C[NH+]1CCOCC1. The van der Waals surface area contributed by atoms with Crippen LogP contribution in [0.5, 0.6) is 0 Å². The highest BCUT2D eigenvalue weighted by atomic mass is 16.5. The Morgan fingerprint density at radius 1 is 1.21 bits per heavy atom. The molecule has 0 spiro atoms. The third kappa shape index (κ3) is 5.90. The zero-order valence-electron chi connectivity index (χ0n) is 18.3. The lowest BCUT2D eigenvalue weighted by Gasteiger charge is -2.24. The van der Waals surface area contributed by atoms with Crippen LogP contribution in [0, 0.1) is 19.8 Å². The summed E-state index contributed by atoms with van der Waals surface area (Å²) in [6.07, 6.45) is 0.382. The number of aryl methyl sites for hydroxylation is 1. The third-order valence-electron chi connectivity index (χ3n) is 5.64. The molecule has 1 fully saturated rings. The summed E-state index contributed by atoms with van der Waals surface area (Å²) < 4.78 is 7.49. The Labute approximate surface area is 174 Å². The topological polar surface area (TPSA) is 60.6 Å². The van der Waals surface area contributed by atoms with Gasteiger partial charge in [0, 0.05) is 29.9 Å². The monoisotopic (exact) mass is 399 g/mol. The molecule has 1 aliphatic rings. The molecular formula is C23H35N4O2+. The molecule has 29 heavy (non-hydrogen) atoms. The lowest BCUT2D eigenvalue weighted by molar-refractivity contribution is -0.921. The second kappa shape index (κ2) is 10.0. The Morgan fingerprint density at radius 2 is 1.90 bits per heavy atom. The fourth-order valence-electron chi connectivity index (χ4n) is 3.94. The van der Waals surface area contributed by atoms with E-state index in [1.54, 1.807) is 4.90 Å². The number of hydrogen-bond donors (Lipinski definition) is 2. The minimum Gasteiger partial charge on any atom is -0.370 e. The molecule has 0 bridgehead atoms. The number of carbonyl (C=O) groups excluding carboxylic acids is 1. The van der Waals surface area contributed by atoms with E-state index in [-0.39, 0.29) is 5.91 Å². The number of aromatic nitrogens is 2. The number of morpholine rings is 1. The molecule has 0 saturated carbocycles. The highest BCUT2D eigenvalue weighted by molar-refractivity contribution is 5.79. The van der Waals surface area contributed by atoms with Gasteiger partial charge in [0.1, 0.15) is 19.6 Å². The Hall–Kier alpha value is -2.18. The largest absolute Gasteiger partial charge is 0.370 e. The molecule has 0 atom stereocenters. The second-order valence-electron chi connectivity index (χ2n) is 8.49. The molecule has 1 aromatic carbocycles. The third-order valence-corrected chi connectivity index (χ3v) is 5.64. The Balaban J connectivity index is 1.59. The number of quaternary nitrogens is 1. The average molecular weight is 400 g/mol. The van der Waals surface area contributed by atoms with Crippen LogP contribution in [0.4, 0.5) is 0 Å². The summed E-state index contributed by atoms with van der Waals surface area (Å²) in [5, 5.41) is 7.74. The van der Waals surface area contributed by atoms with Crippen LogP contribution in [0.15, 0.2) is 24.3 Å². The quantitative estimate of drug-likeness (QED) is 0.706. The summed E-state index contributed by atoms with van der Waals surface area (Å²) >= 11 is 0. The van der Waals surface area contributed by atoms with E-state index in [2.05, 4.69) is 49.4 Å². The minimum atomic E-state index is 0.0498. The molecule has 1 saturated heterocycles. The Bertz CT molecular complexity index is 822. The van der Waals surface area contributed by atoms with Crippen LogP contribution in [-0.2, 0) is 35.6 Å². The first-order valence-corrected chi connectivity index (χ1v) is 10.7. The number of nitrogens with zero attached hydrogens (tertiary/aromatic N) is 2. The standard InChI is InChI=1S/C23H34N4O2/c1-17(2)15-27-19(4)22(18(3)25-27)13-23(28)24-14-20-7-5-6-8-21(20)16-26-9-11-29-12-10-26/h5-8,17H,9-16H2,1-4H3,(H,24,28)/p+1. The van der Waals surface area contributed by atoms with E-state index >= 15 is 0 Å². The van der Waals surface area contributed by atoms with Crippen LogP contribution < -0.4 is 10.2 Å². The van der Waals surface area contributed by atoms with Gasteiger partial charge in [0.2, 0.25) is 5.91 Å². The lowest BCUT2D eigenvalue weighted by Crippen LogP contribution is -3.12. The molecule has 0 radical (unpaired) electrons. The number of carbonyl (C=O) groups is 1. The molecule has 2 heterocycles. The van der Waals surface area contributed by atoms with Crippen molar-refractivity contribution >= 4 is 5.91 Å². The average Bonchev–Trinajstić information content (AvgIpc) is 2.95. The maximum Gasteiger partial charge on any atom is 0.224 e. The van der Waals surface area contributed by atoms with Crippen molar-refractivity contribution in [1.82, 2.24) is 15.1 Å². The first-order chi connectivity index (χ1) is 13.9. The smallest absolute Gasteiger partial charge is 0.224 e. The number of ether oxygens (including phenoxy) is 1. The fraction of sp³-hybridized carbons (Fsp3) is 0.565. The number of nitrogens with one attached hydrogen (secondary N) is 2. The van der Waals surface area contributed by atoms with Gasteiger partial charge < -0.3 is 15.0 Å². The highest BCUT2D eigenvalue weighted by Gasteiger charge is 2.18. The molecule has 2 aromatic rings. The Kier molecular flexibility index (Phi) is 7.45. The van der Waals surface area contributed by atoms with E-state index < -0.39 is 0 Å². The van der Waals surface area contributed by atoms with E-state index in [0.29, 0.717) is 18.9 Å². The minimum absolute atomic E-state index is 0.0498. The summed E-state index contributed by atoms with van der Waals surface area (Å²) in [5.41, 5.74) is 5.61. The van der Waals surface area contributed by atoms with Crippen molar-refractivity contribution in [2.24, 2.45) is 5.92 Å². The van der Waals surface area contributed by atoms with Crippen molar-refractivity contribution in [3.63, 3.8) is 0 Å². The van der Waals surface area contributed by atoms with Crippen molar-refractivity contribution in [3.05, 3.63) is 52.3 Å². The Morgan fingerprint density at radius 3 is 2.59 bits per heavy atom. The number of amides is 1. The second-order valence-corrected chi connectivity index (χ2v) is 8.49. The van der Waals surface area contributed by atoms with E-state index in [4.69, 9.17) is 4.74 Å². The van der Waals surface area contributed by atoms with Gasteiger partial charge in [-0.15, -0.1) is 0 Å². The first kappa shape index (κ1) is 21.5. The molecule has 6 nitrogen and oxygen atoms in total. The summed E-state index contributed by atoms with van der Waals surface area (Å²) in [6.45, 7) is 14.6. The molecule has 1 aromatic heterocycles. The predicted octanol–water partition coefficient (Wildman–Crippen LogP) is 1.43. The molecular weight excluding hydrogens is 364 g/mol.